The molecule has 9 rings (SSSR count). The van der Waals surface area contributed by atoms with Gasteiger partial charge in [0, 0.05) is 7.11 Å². The fourth-order valence-electron chi connectivity index (χ4n) is 13.7. The molecule has 0 spiro atoms. The van der Waals surface area contributed by atoms with Gasteiger partial charge in [0.25, 0.3) is 0 Å². The van der Waals surface area contributed by atoms with E-state index in [-0.39, 0.29) is 34.0 Å². The van der Waals surface area contributed by atoms with Crippen LogP contribution in [0.1, 0.15) is 99.8 Å². The molecular formula is C54H74O18. The molecule has 3 saturated heterocycles. The van der Waals surface area contributed by atoms with Gasteiger partial charge < -0.3 is 78.4 Å². The summed E-state index contributed by atoms with van der Waals surface area (Å²) < 4.78 is 55.5. The van der Waals surface area contributed by atoms with Gasteiger partial charge in [0.05, 0.1) is 42.7 Å². The number of methoxy groups -OCH3 is 1. The third-order valence-electron chi connectivity index (χ3n) is 17.8. The number of rotatable bonds is 14. The van der Waals surface area contributed by atoms with Crippen molar-refractivity contribution < 1.29 is 88.0 Å². The number of ether oxygens (including phenoxy) is 9. The predicted molar refractivity (Wildman–Crippen MR) is 253 cm³/mol. The summed E-state index contributed by atoms with van der Waals surface area (Å²) in [7, 11) is 1.45. The molecule has 0 aromatic heterocycles. The number of aliphatic hydroxyl groups excluding tert-OH is 7. The van der Waals surface area contributed by atoms with E-state index in [2.05, 4.69) is 19.9 Å². The maximum atomic E-state index is 13.7. The average Bonchev–Trinajstić information content (AvgIpc) is 3.75. The molecule has 18 heteroatoms. The minimum atomic E-state index is -1.66. The van der Waals surface area contributed by atoms with Crippen LogP contribution in [0.5, 0.6) is 0 Å². The van der Waals surface area contributed by atoms with Crippen LogP contribution in [0.4, 0.5) is 0 Å². The number of carbonyl (C=O) groups excluding carboxylic acids is 2. The van der Waals surface area contributed by atoms with E-state index in [9.17, 15) is 45.3 Å². The second-order valence-corrected chi connectivity index (χ2v) is 21.7. The van der Waals surface area contributed by atoms with Crippen molar-refractivity contribution >= 4 is 11.9 Å². The predicted octanol–water partition coefficient (Wildman–Crippen LogP) is 3.19. The molecule has 2 aromatic rings. The van der Waals surface area contributed by atoms with Crippen LogP contribution in [-0.2, 0) is 42.6 Å². The smallest absolute Gasteiger partial charge is 0.338 e. The Morgan fingerprint density at radius 3 is 1.94 bits per heavy atom. The Morgan fingerprint density at radius 2 is 1.31 bits per heavy atom. The Hall–Kier alpha value is -3.44. The van der Waals surface area contributed by atoms with Crippen LogP contribution in [0.25, 0.3) is 0 Å². The molecule has 0 radical (unpaired) electrons. The lowest BCUT2D eigenvalue weighted by Gasteiger charge is -2.60. The monoisotopic (exact) mass is 1010 g/mol. The molecule has 72 heavy (non-hydrogen) atoms. The van der Waals surface area contributed by atoms with E-state index < -0.39 is 123 Å². The molecule has 7 aliphatic rings. The summed E-state index contributed by atoms with van der Waals surface area (Å²) in [4.78, 5) is 27.1. The normalized spacial score (nSPS) is 44.4. The summed E-state index contributed by atoms with van der Waals surface area (Å²) in [6.45, 7) is 7.20. The van der Waals surface area contributed by atoms with E-state index in [1.807, 2.05) is 6.92 Å². The van der Waals surface area contributed by atoms with Gasteiger partial charge in [0.2, 0.25) is 0 Å². The molecule has 23 atom stereocenters. The van der Waals surface area contributed by atoms with Gasteiger partial charge in [-0.1, -0.05) is 61.9 Å². The molecule has 0 bridgehead atoms. The Morgan fingerprint density at radius 1 is 0.681 bits per heavy atom. The molecule has 23 unspecified atom stereocenters. The Labute approximate surface area is 420 Å². The van der Waals surface area contributed by atoms with Gasteiger partial charge >= 0.3 is 11.9 Å². The lowest BCUT2D eigenvalue weighted by Crippen LogP contribution is -2.64. The third-order valence-corrected chi connectivity index (χ3v) is 17.8. The molecule has 7 N–H and O–H groups in total. The maximum Gasteiger partial charge on any atom is 0.338 e. The van der Waals surface area contributed by atoms with Crippen LogP contribution < -0.4 is 0 Å². The lowest BCUT2D eigenvalue weighted by atomic mass is 9.46. The Balaban J connectivity index is 0.862. The first-order chi connectivity index (χ1) is 34.5. The lowest BCUT2D eigenvalue weighted by molar-refractivity contribution is -0.364. The van der Waals surface area contributed by atoms with Gasteiger partial charge in [0.15, 0.2) is 31.1 Å². The Kier molecular flexibility index (Phi) is 16.3. The van der Waals surface area contributed by atoms with Crippen LogP contribution in [-0.4, -0.2) is 172 Å². The van der Waals surface area contributed by atoms with E-state index in [0.29, 0.717) is 17.8 Å². The highest BCUT2D eigenvalue weighted by atomic mass is 16.8. The van der Waals surface area contributed by atoms with Crippen molar-refractivity contribution in [1.82, 2.24) is 0 Å². The summed E-state index contributed by atoms with van der Waals surface area (Å²) in [6, 6.07) is 16.7. The zero-order valence-corrected chi connectivity index (χ0v) is 41.7. The molecule has 3 aliphatic heterocycles. The number of fused-ring (bicyclic) bond motifs is 5. The van der Waals surface area contributed by atoms with Crippen molar-refractivity contribution in [2.24, 2.45) is 34.5 Å². The fourth-order valence-corrected chi connectivity index (χ4v) is 13.7. The van der Waals surface area contributed by atoms with Crippen LogP contribution in [0.2, 0.25) is 0 Å². The van der Waals surface area contributed by atoms with Gasteiger partial charge in [-0.05, 0) is 124 Å². The molecule has 3 saturated carbocycles. The summed E-state index contributed by atoms with van der Waals surface area (Å²) >= 11 is 0. The number of hydrogen-bond acceptors (Lipinski definition) is 18. The highest BCUT2D eigenvalue weighted by Crippen LogP contribution is 2.66. The fraction of sp³-hybridized carbons (Fsp3) is 0.704. The Bertz CT molecular complexity index is 2180. The van der Waals surface area contributed by atoms with E-state index in [1.54, 1.807) is 67.6 Å². The highest BCUT2D eigenvalue weighted by molar-refractivity contribution is 5.90. The number of aliphatic hydroxyl groups is 7. The minimum absolute atomic E-state index is 0.0144. The number of carbonyl (C=O) groups is 2. The van der Waals surface area contributed by atoms with E-state index in [4.69, 9.17) is 42.6 Å². The van der Waals surface area contributed by atoms with E-state index >= 15 is 0 Å². The molecule has 0 amide bonds. The zero-order chi connectivity index (χ0) is 51.2. The summed E-state index contributed by atoms with van der Waals surface area (Å²) in [6.07, 6.45) is -10.4. The van der Waals surface area contributed by atoms with Crippen LogP contribution >= 0.6 is 0 Å². The quantitative estimate of drug-likeness (QED) is 0.0815. The molecule has 4 aliphatic carbocycles. The number of benzene rings is 2. The summed E-state index contributed by atoms with van der Waals surface area (Å²) in [5.74, 6) is -0.276. The van der Waals surface area contributed by atoms with Gasteiger partial charge in [-0.3, -0.25) is 0 Å². The molecule has 3 heterocycles. The second kappa shape index (κ2) is 22.0. The minimum Gasteiger partial charge on any atom is -0.452 e. The van der Waals surface area contributed by atoms with Crippen LogP contribution in [0.3, 0.4) is 0 Å². The van der Waals surface area contributed by atoms with Crippen molar-refractivity contribution in [3.63, 3.8) is 0 Å². The zero-order valence-electron chi connectivity index (χ0n) is 41.7. The first-order valence-electron chi connectivity index (χ1n) is 25.8. The van der Waals surface area contributed by atoms with Crippen molar-refractivity contribution in [3.05, 3.63) is 83.4 Å². The largest absolute Gasteiger partial charge is 0.452 e. The van der Waals surface area contributed by atoms with Gasteiger partial charge in [0.1, 0.15) is 54.9 Å². The topological polar surface area (TPSA) is 259 Å². The van der Waals surface area contributed by atoms with E-state index in [0.717, 1.165) is 51.4 Å². The van der Waals surface area contributed by atoms with Gasteiger partial charge in [-0.25, -0.2) is 9.59 Å². The third kappa shape index (κ3) is 10.1. The molecule has 6 fully saturated rings. The van der Waals surface area contributed by atoms with Crippen LogP contribution in [0, 0.1) is 34.5 Å². The second-order valence-electron chi connectivity index (χ2n) is 21.7. The first kappa shape index (κ1) is 53.4. The molecule has 2 aromatic carbocycles. The van der Waals surface area contributed by atoms with Crippen molar-refractivity contribution in [2.45, 2.75) is 183 Å². The highest BCUT2D eigenvalue weighted by Gasteiger charge is 2.60. The average molecular weight is 1010 g/mol. The molecular weight excluding hydrogens is 937 g/mol. The van der Waals surface area contributed by atoms with Crippen molar-refractivity contribution in [1.29, 1.82) is 0 Å². The van der Waals surface area contributed by atoms with E-state index in [1.165, 1.54) is 12.7 Å². The van der Waals surface area contributed by atoms with Crippen molar-refractivity contribution in [3.8, 4) is 0 Å². The van der Waals surface area contributed by atoms with Gasteiger partial charge in [-0.2, -0.15) is 0 Å². The SMILES string of the molecule is COC1C(OC2CCC3(C)C(CCC4C5=CCC(C(C)OC6OC(CO)C(O)C(OC(=O)c7ccccc7)C6OC(=O)c6ccccc6)C5(C)CCC43)C2)OC(C)C(O)C1OC1OC(CO)C(O)C(O)C1O. The number of allylic oxidation sites excluding steroid dienone is 2. The standard InChI is InChI=1S/C54H74O18/c1-27(65-52-47(71-49(63)30-14-10-7-11-15-30)45(41(59)38(26-56)69-52)70-48(62)29-12-8-6-9-13-29)34-18-19-35-33-17-16-31-24-32(20-22-53(31,3)36(33)21-23-54(34,35)4)67-51-46(64-5)44(39(57)28(2)66-51)72-50-43(61)42(60)40(58)37(25-55)68-50/h6-15,19,27-28,31-34,36-47,50-52,55-61H,16-18,20-26H2,1-5H3. The van der Waals surface area contributed by atoms with Crippen LogP contribution in [0.15, 0.2) is 72.3 Å². The first-order valence-corrected chi connectivity index (χ1v) is 25.8. The molecule has 18 nitrogen and oxygen atoms in total. The number of hydrogen-bond donors (Lipinski definition) is 7. The summed E-state index contributed by atoms with van der Waals surface area (Å²) in [5, 5.41) is 74.3. The van der Waals surface area contributed by atoms with Gasteiger partial charge in [-0.15, -0.1) is 0 Å². The number of esters is 2. The molecule has 398 valence electrons. The summed E-state index contributed by atoms with van der Waals surface area (Å²) in [5.41, 5.74) is 1.75. The van der Waals surface area contributed by atoms with Crippen molar-refractivity contribution in [2.75, 3.05) is 20.3 Å². The maximum absolute atomic E-state index is 13.7.